The molecular weight excluding hydrogens is 122 g/mol. The Balaban J connectivity index is 4.03. The highest BCUT2D eigenvalue weighted by Gasteiger charge is 1.97. The molecule has 0 aliphatic carbocycles. The first kappa shape index (κ1) is 9.22. The van der Waals surface area contributed by atoms with Gasteiger partial charge in [0.25, 0.3) is 0 Å². The molecule has 0 aromatic rings. The van der Waals surface area contributed by atoms with Gasteiger partial charge in [-0.15, -0.1) is 5.73 Å². The zero-order valence-corrected chi connectivity index (χ0v) is 6.72. The topological polar surface area (TPSA) is 26.0 Å². The molecule has 1 atom stereocenters. The largest absolute Gasteiger partial charge is 0.324 e. The van der Waals surface area contributed by atoms with E-state index >= 15 is 0 Å². The first-order valence-corrected chi connectivity index (χ1v) is 3.50. The van der Waals surface area contributed by atoms with E-state index < -0.39 is 0 Å². The van der Waals surface area contributed by atoms with Gasteiger partial charge in [0.15, 0.2) is 0 Å². The van der Waals surface area contributed by atoms with Crippen LogP contribution < -0.4 is 5.73 Å². The summed E-state index contributed by atoms with van der Waals surface area (Å²) in [6.45, 7) is 7.54. The minimum atomic E-state index is 0.185. The van der Waals surface area contributed by atoms with Crippen molar-refractivity contribution in [3.05, 3.63) is 30.0 Å². The highest BCUT2D eigenvalue weighted by atomic mass is 14.6. The first-order valence-electron chi connectivity index (χ1n) is 3.50. The third kappa shape index (κ3) is 3.29. The van der Waals surface area contributed by atoms with E-state index in [4.69, 9.17) is 5.73 Å². The number of allylic oxidation sites excluding steroid dienone is 2. The Bertz CT molecular complexity index is 162. The van der Waals surface area contributed by atoms with Crippen molar-refractivity contribution >= 4 is 0 Å². The Hall–Kier alpha value is -0.780. The molecule has 0 unspecified atom stereocenters. The molecule has 0 spiro atoms. The number of hydrogen-bond acceptors (Lipinski definition) is 1. The van der Waals surface area contributed by atoms with Crippen LogP contribution in [0.15, 0.2) is 30.0 Å². The predicted molar refractivity (Wildman–Crippen MR) is 45.7 cm³/mol. The molecule has 0 aromatic heterocycles. The molecule has 0 amide bonds. The summed E-state index contributed by atoms with van der Waals surface area (Å²) in [4.78, 5) is 0. The lowest BCUT2D eigenvalue weighted by molar-refractivity contribution is 0.740. The summed E-state index contributed by atoms with van der Waals surface area (Å²) >= 11 is 0. The van der Waals surface area contributed by atoms with Crippen molar-refractivity contribution in [2.45, 2.75) is 26.3 Å². The lowest BCUT2D eigenvalue weighted by atomic mass is 10.1. The summed E-state index contributed by atoms with van der Waals surface area (Å²) in [6.07, 6.45) is 4.71. The van der Waals surface area contributed by atoms with Gasteiger partial charge < -0.3 is 5.73 Å². The first-order chi connectivity index (χ1) is 4.72. The fraction of sp³-hybridized carbons (Fsp3) is 0.444. The van der Waals surface area contributed by atoms with Crippen LogP contribution in [-0.2, 0) is 0 Å². The maximum Gasteiger partial charge on any atom is 0.0251 e. The molecule has 1 heteroatoms. The van der Waals surface area contributed by atoms with E-state index in [-0.39, 0.29) is 6.04 Å². The molecule has 10 heavy (non-hydrogen) atoms. The van der Waals surface area contributed by atoms with Crippen molar-refractivity contribution in [1.29, 1.82) is 0 Å². The lowest BCUT2D eigenvalue weighted by Gasteiger charge is -2.06. The van der Waals surface area contributed by atoms with Gasteiger partial charge in [0, 0.05) is 6.04 Å². The van der Waals surface area contributed by atoms with Gasteiger partial charge in [0.2, 0.25) is 0 Å². The molecule has 0 aliphatic heterocycles. The van der Waals surface area contributed by atoms with Crippen molar-refractivity contribution in [1.82, 2.24) is 0 Å². The molecule has 0 heterocycles. The monoisotopic (exact) mass is 137 g/mol. The van der Waals surface area contributed by atoms with Gasteiger partial charge in [-0.3, -0.25) is 0 Å². The van der Waals surface area contributed by atoms with E-state index in [1.807, 2.05) is 13.0 Å². The van der Waals surface area contributed by atoms with Crippen LogP contribution in [-0.4, -0.2) is 6.04 Å². The maximum atomic E-state index is 5.72. The lowest BCUT2D eigenvalue weighted by Crippen LogP contribution is -2.19. The van der Waals surface area contributed by atoms with E-state index in [1.165, 1.54) is 5.57 Å². The highest BCUT2D eigenvalue weighted by Crippen LogP contribution is 2.01. The van der Waals surface area contributed by atoms with E-state index in [9.17, 15) is 0 Å². The summed E-state index contributed by atoms with van der Waals surface area (Å²) in [5, 5.41) is 0. The Kier molecular flexibility index (Phi) is 4.65. The minimum absolute atomic E-state index is 0.185. The average Bonchev–Trinajstić information content (AvgIpc) is 1.98. The van der Waals surface area contributed by atoms with Crippen molar-refractivity contribution in [3.63, 3.8) is 0 Å². The van der Waals surface area contributed by atoms with Gasteiger partial charge in [-0.25, -0.2) is 0 Å². The average molecular weight is 137 g/mol. The van der Waals surface area contributed by atoms with Crippen LogP contribution in [0, 0.1) is 0 Å². The van der Waals surface area contributed by atoms with Crippen LogP contribution in [0.25, 0.3) is 0 Å². The second-order valence-electron chi connectivity index (χ2n) is 2.30. The van der Waals surface area contributed by atoms with Crippen molar-refractivity contribution in [2.75, 3.05) is 0 Å². The fourth-order valence-electron chi connectivity index (χ4n) is 0.636. The van der Waals surface area contributed by atoms with E-state index in [0.717, 1.165) is 6.42 Å². The summed E-state index contributed by atoms with van der Waals surface area (Å²) in [7, 11) is 0. The Morgan fingerprint density at radius 1 is 1.80 bits per heavy atom. The molecule has 0 aromatic carbocycles. The number of nitrogens with two attached hydrogens (primary N) is 1. The maximum absolute atomic E-state index is 5.72. The molecule has 0 bridgehead atoms. The molecule has 0 fully saturated rings. The molecule has 0 rings (SSSR count). The molecule has 0 saturated heterocycles. The van der Waals surface area contributed by atoms with Crippen LogP contribution >= 0.6 is 0 Å². The third-order valence-electron chi connectivity index (χ3n) is 1.49. The van der Waals surface area contributed by atoms with Gasteiger partial charge >= 0.3 is 0 Å². The fourth-order valence-corrected chi connectivity index (χ4v) is 0.636. The Labute approximate surface area is 62.9 Å². The van der Waals surface area contributed by atoms with Gasteiger partial charge in [-0.1, -0.05) is 25.2 Å². The summed E-state index contributed by atoms with van der Waals surface area (Å²) in [6, 6.07) is 0.185. The Morgan fingerprint density at radius 3 is 2.80 bits per heavy atom. The molecule has 0 radical (unpaired) electrons. The smallest absolute Gasteiger partial charge is 0.0251 e. The van der Waals surface area contributed by atoms with Crippen molar-refractivity contribution in [3.8, 4) is 0 Å². The molecule has 56 valence electrons. The number of rotatable bonds is 3. The Morgan fingerprint density at radius 2 is 2.40 bits per heavy atom. The van der Waals surface area contributed by atoms with Crippen LogP contribution in [0.1, 0.15) is 20.3 Å². The van der Waals surface area contributed by atoms with Crippen molar-refractivity contribution < 1.29 is 0 Å². The highest BCUT2D eigenvalue weighted by molar-refractivity contribution is 5.14. The van der Waals surface area contributed by atoms with Crippen molar-refractivity contribution in [2.24, 2.45) is 5.73 Å². The predicted octanol–water partition coefficient (Wildman–Crippen LogP) is 2.01. The van der Waals surface area contributed by atoms with Gasteiger partial charge in [-0.2, -0.15) is 0 Å². The van der Waals surface area contributed by atoms with E-state index in [2.05, 4.69) is 19.2 Å². The summed E-state index contributed by atoms with van der Waals surface area (Å²) < 4.78 is 0. The zero-order valence-electron chi connectivity index (χ0n) is 6.72. The van der Waals surface area contributed by atoms with E-state index in [0.29, 0.717) is 0 Å². The van der Waals surface area contributed by atoms with Crippen LogP contribution in [0.4, 0.5) is 0 Å². The SMILES string of the molecule is C=C=C/C=C(\C)[C@H](N)CC. The second-order valence-corrected chi connectivity index (χ2v) is 2.30. The number of hydrogen-bond donors (Lipinski definition) is 1. The van der Waals surface area contributed by atoms with Gasteiger partial charge in [0.1, 0.15) is 0 Å². The molecule has 0 aliphatic rings. The third-order valence-corrected chi connectivity index (χ3v) is 1.49. The minimum Gasteiger partial charge on any atom is -0.324 e. The van der Waals surface area contributed by atoms with Crippen LogP contribution in [0.3, 0.4) is 0 Å². The van der Waals surface area contributed by atoms with Gasteiger partial charge in [-0.05, 0) is 19.4 Å². The normalized spacial score (nSPS) is 14.1. The molecule has 1 nitrogen and oxygen atoms in total. The van der Waals surface area contributed by atoms with Crippen LogP contribution in [0.2, 0.25) is 0 Å². The zero-order chi connectivity index (χ0) is 7.98. The summed E-state index contributed by atoms with van der Waals surface area (Å²) in [5.41, 5.74) is 9.57. The molecule has 2 N–H and O–H groups in total. The second kappa shape index (κ2) is 5.04. The van der Waals surface area contributed by atoms with Gasteiger partial charge in [0.05, 0.1) is 0 Å². The summed E-state index contributed by atoms with van der Waals surface area (Å²) in [5.74, 6) is 0. The molecule has 0 saturated carbocycles. The van der Waals surface area contributed by atoms with E-state index in [1.54, 1.807) is 6.08 Å². The van der Waals surface area contributed by atoms with Crippen LogP contribution in [0.5, 0.6) is 0 Å². The quantitative estimate of drug-likeness (QED) is 0.467. The standard InChI is InChI=1S/C9H15N/c1-4-6-7-8(3)9(10)5-2/h6-7,9H,1,5,10H2,2-3H3/b8-7+/t9-/m1/s1. The molecular formula is C9H15N.